The smallest absolute Gasteiger partial charge is 0.0202 e. The zero-order chi connectivity index (χ0) is 6.27. The monoisotopic (exact) mass is 122 g/mol. The van der Waals surface area contributed by atoms with Crippen molar-refractivity contribution in [2.45, 2.75) is 32.6 Å². The predicted molar refractivity (Wildman–Crippen MR) is 39.2 cm³/mol. The molecule has 2 aliphatic carbocycles. The first-order chi connectivity index (χ1) is 4.36. The number of hydrogen-bond acceptors (Lipinski definition) is 0. The van der Waals surface area contributed by atoms with Gasteiger partial charge in [-0.15, -0.1) is 0 Å². The molecule has 2 atom stereocenters. The molecule has 0 bridgehead atoms. The molecule has 50 valence electrons. The number of fused-ring (bicyclic) bond motifs is 1. The van der Waals surface area contributed by atoms with Crippen LogP contribution in [0.2, 0.25) is 0 Å². The van der Waals surface area contributed by atoms with Crippen LogP contribution >= 0.6 is 0 Å². The van der Waals surface area contributed by atoms with Gasteiger partial charge in [0.2, 0.25) is 0 Å². The van der Waals surface area contributed by atoms with Crippen LogP contribution in [0.15, 0.2) is 11.6 Å². The summed E-state index contributed by atoms with van der Waals surface area (Å²) in [6, 6.07) is 0. The number of allylic oxidation sites excluding steroid dienone is 2. The number of hydrogen-bond donors (Lipinski definition) is 0. The Morgan fingerprint density at radius 3 is 2.67 bits per heavy atom. The summed E-state index contributed by atoms with van der Waals surface area (Å²) in [5.74, 6) is 2.09. The Morgan fingerprint density at radius 1 is 1.33 bits per heavy atom. The minimum absolute atomic E-state index is 0.999. The van der Waals surface area contributed by atoms with Crippen molar-refractivity contribution in [2.75, 3.05) is 0 Å². The lowest BCUT2D eigenvalue weighted by atomic mass is 9.67. The molecule has 0 aromatic rings. The predicted octanol–water partition coefficient (Wildman–Crippen LogP) is 2.75. The van der Waals surface area contributed by atoms with Gasteiger partial charge in [0.05, 0.1) is 0 Å². The van der Waals surface area contributed by atoms with E-state index in [-0.39, 0.29) is 0 Å². The molecule has 0 nitrogen and oxygen atoms in total. The van der Waals surface area contributed by atoms with E-state index in [0.717, 1.165) is 11.8 Å². The highest BCUT2D eigenvalue weighted by Crippen LogP contribution is 2.42. The maximum absolute atomic E-state index is 2.50. The average molecular weight is 122 g/mol. The van der Waals surface area contributed by atoms with Crippen LogP contribution in [0, 0.1) is 11.8 Å². The van der Waals surface area contributed by atoms with Crippen LogP contribution in [-0.2, 0) is 0 Å². The van der Waals surface area contributed by atoms with Gasteiger partial charge in [0.15, 0.2) is 0 Å². The molecule has 1 saturated carbocycles. The zero-order valence-corrected chi connectivity index (χ0v) is 6.06. The van der Waals surface area contributed by atoms with E-state index in [1.807, 2.05) is 0 Å². The summed E-state index contributed by atoms with van der Waals surface area (Å²) in [6.45, 7) is 2.27. The van der Waals surface area contributed by atoms with Crippen LogP contribution in [0.25, 0.3) is 0 Å². The van der Waals surface area contributed by atoms with Crippen LogP contribution in [0.3, 0.4) is 0 Å². The van der Waals surface area contributed by atoms with Crippen molar-refractivity contribution in [1.82, 2.24) is 0 Å². The largest absolute Gasteiger partial charge is 0.0822 e. The topological polar surface area (TPSA) is 0 Å². The van der Waals surface area contributed by atoms with E-state index in [9.17, 15) is 0 Å². The van der Waals surface area contributed by atoms with E-state index in [2.05, 4.69) is 13.0 Å². The fraction of sp³-hybridized carbons (Fsp3) is 0.778. The molecular weight excluding hydrogens is 108 g/mol. The van der Waals surface area contributed by atoms with E-state index in [1.54, 1.807) is 5.57 Å². The molecule has 1 fully saturated rings. The van der Waals surface area contributed by atoms with Crippen molar-refractivity contribution in [3.8, 4) is 0 Å². The molecular formula is C9H14. The summed E-state index contributed by atoms with van der Waals surface area (Å²) in [5, 5.41) is 0. The third kappa shape index (κ3) is 0.810. The van der Waals surface area contributed by atoms with Crippen molar-refractivity contribution >= 4 is 0 Å². The Morgan fingerprint density at radius 2 is 2.22 bits per heavy atom. The maximum atomic E-state index is 2.50. The molecule has 0 aromatic heterocycles. The molecule has 0 saturated heterocycles. The molecule has 0 aliphatic heterocycles. The van der Waals surface area contributed by atoms with Gasteiger partial charge in [-0.2, -0.15) is 0 Å². The second kappa shape index (κ2) is 1.86. The minimum Gasteiger partial charge on any atom is -0.0822 e. The fourth-order valence-electron chi connectivity index (χ4n) is 2.03. The van der Waals surface area contributed by atoms with Crippen molar-refractivity contribution in [1.29, 1.82) is 0 Å². The van der Waals surface area contributed by atoms with E-state index in [0.29, 0.717) is 0 Å². The molecule has 9 heavy (non-hydrogen) atoms. The third-order valence-corrected chi connectivity index (χ3v) is 2.88. The summed E-state index contributed by atoms with van der Waals surface area (Å²) in [4.78, 5) is 0. The van der Waals surface area contributed by atoms with Gasteiger partial charge in [0.25, 0.3) is 0 Å². The van der Waals surface area contributed by atoms with Gasteiger partial charge in [0, 0.05) is 0 Å². The van der Waals surface area contributed by atoms with Crippen molar-refractivity contribution in [3.63, 3.8) is 0 Å². The van der Waals surface area contributed by atoms with Crippen LogP contribution in [0.5, 0.6) is 0 Å². The first-order valence-electron chi connectivity index (χ1n) is 4.03. The van der Waals surface area contributed by atoms with Gasteiger partial charge in [0.1, 0.15) is 0 Å². The maximum Gasteiger partial charge on any atom is -0.0202 e. The molecule has 2 aliphatic rings. The zero-order valence-electron chi connectivity index (χ0n) is 6.06. The molecule has 0 spiro atoms. The molecule has 0 heteroatoms. The fourth-order valence-corrected chi connectivity index (χ4v) is 2.03. The molecule has 0 heterocycles. The van der Waals surface area contributed by atoms with Gasteiger partial charge in [-0.3, -0.25) is 0 Å². The normalized spacial score (nSPS) is 40.8. The van der Waals surface area contributed by atoms with Gasteiger partial charge in [-0.05, 0) is 44.4 Å². The van der Waals surface area contributed by atoms with Crippen LogP contribution in [-0.4, -0.2) is 0 Å². The van der Waals surface area contributed by atoms with E-state index in [1.165, 1.54) is 25.7 Å². The highest BCUT2D eigenvalue weighted by atomic mass is 14.4. The Labute approximate surface area is 57.0 Å². The Hall–Kier alpha value is -0.260. The van der Waals surface area contributed by atoms with Crippen LogP contribution in [0.1, 0.15) is 32.6 Å². The SMILES string of the molecule is CC1=CC2CCC2CC1. The highest BCUT2D eigenvalue weighted by Gasteiger charge is 2.30. The van der Waals surface area contributed by atoms with E-state index >= 15 is 0 Å². The van der Waals surface area contributed by atoms with Crippen LogP contribution < -0.4 is 0 Å². The summed E-state index contributed by atoms with van der Waals surface area (Å²) in [5.41, 5.74) is 1.64. The second-order valence-electron chi connectivity index (χ2n) is 3.55. The standard InChI is InChI=1S/C9H14/c1-7-2-3-8-4-5-9(8)6-7/h6,8-9H,2-5H2,1H3. The quantitative estimate of drug-likeness (QED) is 0.433. The summed E-state index contributed by atoms with van der Waals surface area (Å²) >= 11 is 0. The molecule has 0 amide bonds. The van der Waals surface area contributed by atoms with Gasteiger partial charge < -0.3 is 0 Å². The lowest BCUT2D eigenvalue weighted by molar-refractivity contribution is 0.199. The molecule has 0 radical (unpaired) electrons. The van der Waals surface area contributed by atoms with Crippen molar-refractivity contribution in [3.05, 3.63) is 11.6 Å². The summed E-state index contributed by atoms with van der Waals surface area (Å²) in [7, 11) is 0. The van der Waals surface area contributed by atoms with Crippen molar-refractivity contribution < 1.29 is 0 Å². The van der Waals surface area contributed by atoms with E-state index in [4.69, 9.17) is 0 Å². The third-order valence-electron chi connectivity index (χ3n) is 2.88. The molecule has 2 rings (SSSR count). The number of rotatable bonds is 0. The Balaban J connectivity index is 2.11. The lowest BCUT2D eigenvalue weighted by Gasteiger charge is -2.38. The molecule has 2 unspecified atom stereocenters. The van der Waals surface area contributed by atoms with Crippen molar-refractivity contribution in [2.24, 2.45) is 11.8 Å². The summed E-state index contributed by atoms with van der Waals surface area (Å²) in [6.07, 6.45) is 8.34. The highest BCUT2D eigenvalue weighted by molar-refractivity contribution is 5.10. The van der Waals surface area contributed by atoms with Gasteiger partial charge in [-0.25, -0.2) is 0 Å². The van der Waals surface area contributed by atoms with Gasteiger partial charge in [-0.1, -0.05) is 11.6 Å². The average Bonchev–Trinajstić information content (AvgIpc) is 1.78. The minimum atomic E-state index is 0.999. The Bertz CT molecular complexity index is 144. The first kappa shape index (κ1) is 5.52. The van der Waals surface area contributed by atoms with E-state index < -0.39 is 0 Å². The van der Waals surface area contributed by atoms with Crippen LogP contribution in [0.4, 0.5) is 0 Å². The molecule has 0 N–H and O–H groups in total. The lowest BCUT2D eigenvalue weighted by Crippen LogP contribution is -2.26. The molecule has 0 aromatic carbocycles. The second-order valence-corrected chi connectivity index (χ2v) is 3.55. The Kier molecular flexibility index (Phi) is 1.14. The van der Waals surface area contributed by atoms with Gasteiger partial charge >= 0.3 is 0 Å². The first-order valence-corrected chi connectivity index (χ1v) is 4.03. The summed E-state index contributed by atoms with van der Waals surface area (Å²) < 4.78 is 0.